The SMILES string of the molecule is CC(NCC(=O)N(C)C)c1ccc(C(=O)O)o1. The van der Waals surface area contributed by atoms with Crippen molar-refractivity contribution in [2.24, 2.45) is 0 Å². The maximum atomic E-state index is 11.3. The van der Waals surface area contributed by atoms with Crippen molar-refractivity contribution >= 4 is 11.9 Å². The second-order valence-corrected chi connectivity index (χ2v) is 3.90. The van der Waals surface area contributed by atoms with Gasteiger partial charge in [0.25, 0.3) is 0 Å². The van der Waals surface area contributed by atoms with E-state index in [2.05, 4.69) is 5.32 Å². The van der Waals surface area contributed by atoms with E-state index in [1.165, 1.54) is 11.0 Å². The molecule has 0 fully saturated rings. The lowest BCUT2D eigenvalue weighted by Gasteiger charge is -2.14. The molecule has 0 aliphatic carbocycles. The van der Waals surface area contributed by atoms with E-state index >= 15 is 0 Å². The molecule has 6 nitrogen and oxygen atoms in total. The topological polar surface area (TPSA) is 82.8 Å². The predicted octanol–water partition coefficient (Wildman–Crippen LogP) is 0.717. The van der Waals surface area contributed by atoms with E-state index in [0.717, 1.165) is 0 Å². The first-order valence-corrected chi connectivity index (χ1v) is 5.18. The van der Waals surface area contributed by atoms with E-state index in [0.29, 0.717) is 5.76 Å². The second kappa shape index (κ2) is 5.49. The summed E-state index contributed by atoms with van der Waals surface area (Å²) >= 11 is 0. The Balaban J connectivity index is 2.55. The molecule has 1 rings (SSSR count). The van der Waals surface area contributed by atoms with Crippen LogP contribution in [0.15, 0.2) is 16.5 Å². The molecule has 1 aromatic heterocycles. The van der Waals surface area contributed by atoms with Gasteiger partial charge in [-0.1, -0.05) is 0 Å². The number of amides is 1. The predicted molar refractivity (Wildman–Crippen MR) is 60.8 cm³/mol. The zero-order chi connectivity index (χ0) is 13.0. The monoisotopic (exact) mass is 240 g/mol. The molecule has 94 valence electrons. The molecule has 1 amide bonds. The van der Waals surface area contributed by atoms with Crippen LogP contribution in [0, 0.1) is 0 Å². The summed E-state index contributed by atoms with van der Waals surface area (Å²) in [7, 11) is 3.34. The van der Waals surface area contributed by atoms with Gasteiger partial charge in [0.1, 0.15) is 5.76 Å². The highest BCUT2D eigenvalue weighted by Crippen LogP contribution is 2.15. The van der Waals surface area contributed by atoms with Gasteiger partial charge in [-0.15, -0.1) is 0 Å². The van der Waals surface area contributed by atoms with Crippen LogP contribution in [0.3, 0.4) is 0 Å². The van der Waals surface area contributed by atoms with Gasteiger partial charge in [0.2, 0.25) is 11.7 Å². The van der Waals surface area contributed by atoms with Crippen LogP contribution in [-0.2, 0) is 4.79 Å². The fourth-order valence-electron chi connectivity index (χ4n) is 1.20. The number of nitrogens with zero attached hydrogens (tertiary/aromatic N) is 1. The van der Waals surface area contributed by atoms with Crippen molar-refractivity contribution in [3.63, 3.8) is 0 Å². The number of aromatic carboxylic acids is 1. The number of likely N-dealkylation sites (N-methyl/N-ethyl adjacent to an activating group) is 1. The number of carboxylic acid groups (broad SMARTS) is 1. The number of rotatable bonds is 5. The molecule has 1 aromatic rings. The molecule has 0 spiro atoms. The van der Waals surface area contributed by atoms with Crippen molar-refractivity contribution in [1.82, 2.24) is 10.2 Å². The highest BCUT2D eigenvalue weighted by atomic mass is 16.4. The molecule has 6 heteroatoms. The fraction of sp³-hybridized carbons (Fsp3) is 0.455. The van der Waals surface area contributed by atoms with Crippen molar-refractivity contribution in [2.45, 2.75) is 13.0 Å². The van der Waals surface area contributed by atoms with Gasteiger partial charge in [-0.25, -0.2) is 4.79 Å². The molecule has 0 saturated heterocycles. The number of hydrogen-bond donors (Lipinski definition) is 2. The Morgan fingerprint density at radius 1 is 1.47 bits per heavy atom. The minimum absolute atomic E-state index is 0.0538. The van der Waals surface area contributed by atoms with Crippen LogP contribution in [0.4, 0.5) is 0 Å². The van der Waals surface area contributed by atoms with Crippen molar-refractivity contribution in [3.8, 4) is 0 Å². The lowest BCUT2D eigenvalue weighted by Crippen LogP contribution is -2.34. The minimum atomic E-state index is -1.10. The Morgan fingerprint density at radius 3 is 2.59 bits per heavy atom. The number of hydrogen-bond acceptors (Lipinski definition) is 4. The largest absolute Gasteiger partial charge is 0.475 e. The molecule has 0 aliphatic rings. The molecule has 1 atom stereocenters. The van der Waals surface area contributed by atoms with E-state index in [4.69, 9.17) is 9.52 Å². The molecule has 1 heterocycles. The quantitative estimate of drug-likeness (QED) is 0.792. The van der Waals surface area contributed by atoms with Gasteiger partial charge in [-0.05, 0) is 19.1 Å². The zero-order valence-electron chi connectivity index (χ0n) is 10.1. The van der Waals surface area contributed by atoms with Gasteiger partial charge in [0, 0.05) is 14.1 Å². The van der Waals surface area contributed by atoms with Crippen LogP contribution in [0.25, 0.3) is 0 Å². The lowest BCUT2D eigenvalue weighted by atomic mass is 10.2. The second-order valence-electron chi connectivity index (χ2n) is 3.90. The third-order valence-corrected chi connectivity index (χ3v) is 2.32. The summed E-state index contributed by atoms with van der Waals surface area (Å²) in [4.78, 5) is 23.4. The zero-order valence-corrected chi connectivity index (χ0v) is 10.1. The summed E-state index contributed by atoms with van der Waals surface area (Å²) in [5.74, 6) is -0.767. The molecular weight excluding hydrogens is 224 g/mol. The lowest BCUT2D eigenvalue weighted by molar-refractivity contribution is -0.127. The molecule has 0 radical (unpaired) electrons. The van der Waals surface area contributed by atoms with Crippen LogP contribution < -0.4 is 5.32 Å². The van der Waals surface area contributed by atoms with E-state index < -0.39 is 5.97 Å². The van der Waals surface area contributed by atoms with E-state index in [-0.39, 0.29) is 24.3 Å². The first-order chi connectivity index (χ1) is 7.91. The van der Waals surface area contributed by atoms with Crippen LogP contribution in [0.5, 0.6) is 0 Å². The van der Waals surface area contributed by atoms with Crippen molar-refractivity contribution in [1.29, 1.82) is 0 Å². The van der Waals surface area contributed by atoms with E-state index in [9.17, 15) is 9.59 Å². The van der Waals surface area contributed by atoms with Crippen molar-refractivity contribution in [2.75, 3.05) is 20.6 Å². The molecule has 0 aromatic carbocycles. The number of carboxylic acids is 1. The summed E-state index contributed by atoms with van der Waals surface area (Å²) in [6, 6.07) is 2.76. The molecule has 2 N–H and O–H groups in total. The average Bonchev–Trinajstić information content (AvgIpc) is 2.74. The summed E-state index contributed by atoms with van der Waals surface area (Å²) in [5, 5.41) is 11.7. The molecule has 0 aliphatic heterocycles. The van der Waals surface area contributed by atoms with Gasteiger partial charge in [0.15, 0.2) is 0 Å². The smallest absolute Gasteiger partial charge is 0.371 e. The Labute approximate surface area is 99.2 Å². The van der Waals surface area contributed by atoms with Gasteiger partial charge in [-0.3, -0.25) is 10.1 Å². The standard InChI is InChI=1S/C11H16N2O4/c1-7(12-6-10(14)13(2)3)8-4-5-9(17-8)11(15)16/h4-5,7,12H,6H2,1-3H3,(H,15,16). The molecule has 17 heavy (non-hydrogen) atoms. The number of furan rings is 1. The van der Waals surface area contributed by atoms with Gasteiger partial charge >= 0.3 is 5.97 Å². The van der Waals surface area contributed by atoms with Crippen molar-refractivity contribution in [3.05, 3.63) is 23.7 Å². The first-order valence-electron chi connectivity index (χ1n) is 5.18. The van der Waals surface area contributed by atoms with Crippen LogP contribution in [0.2, 0.25) is 0 Å². The van der Waals surface area contributed by atoms with Crippen molar-refractivity contribution < 1.29 is 19.1 Å². The fourth-order valence-corrected chi connectivity index (χ4v) is 1.20. The molecule has 1 unspecified atom stereocenters. The van der Waals surface area contributed by atoms with Gasteiger partial charge in [0.05, 0.1) is 12.6 Å². The summed E-state index contributed by atoms with van der Waals surface area (Å²) in [5.41, 5.74) is 0. The molecular formula is C11H16N2O4. The Bertz CT molecular complexity index is 411. The molecule has 0 bridgehead atoms. The molecule has 0 saturated carbocycles. The average molecular weight is 240 g/mol. The first kappa shape index (κ1) is 13.2. The third-order valence-electron chi connectivity index (χ3n) is 2.32. The van der Waals surface area contributed by atoms with Gasteiger partial charge < -0.3 is 14.4 Å². The Hall–Kier alpha value is -1.82. The van der Waals surface area contributed by atoms with Crippen LogP contribution in [0.1, 0.15) is 29.3 Å². The Morgan fingerprint density at radius 2 is 2.12 bits per heavy atom. The normalized spacial score (nSPS) is 12.2. The summed E-state index contributed by atoms with van der Waals surface area (Å²) < 4.78 is 5.11. The minimum Gasteiger partial charge on any atom is -0.475 e. The highest BCUT2D eigenvalue weighted by molar-refractivity contribution is 5.84. The number of nitrogens with one attached hydrogen (secondary N) is 1. The summed E-state index contributed by atoms with van der Waals surface area (Å²) in [6.07, 6.45) is 0. The van der Waals surface area contributed by atoms with Crippen LogP contribution in [-0.4, -0.2) is 42.5 Å². The van der Waals surface area contributed by atoms with Crippen LogP contribution >= 0.6 is 0 Å². The third kappa shape index (κ3) is 3.60. The summed E-state index contributed by atoms with van der Waals surface area (Å²) in [6.45, 7) is 1.98. The van der Waals surface area contributed by atoms with E-state index in [1.54, 1.807) is 27.1 Å². The maximum absolute atomic E-state index is 11.3. The maximum Gasteiger partial charge on any atom is 0.371 e. The van der Waals surface area contributed by atoms with Gasteiger partial charge in [-0.2, -0.15) is 0 Å². The highest BCUT2D eigenvalue weighted by Gasteiger charge is 2.15. The Kier molecular flexibility index (Phi) is 4.28. The van der Waals surface area contributed by atoms with E-state index in [1.807, 2.05) is 0 Å². The number of carbonyl (C=O) groups is 2. The number of carbonyl (C=O) groups excluding carboxylic acids is 1.